The van der Waals surface area contributed by atoms with Gasteiger partial charge in [0.1, 0.15) is 5.75 Å². The molecule has 0 radical (unpaired) electrons. The van der Waals surface area contributed by atoms with E-state index in [0.29, 0.717) is 12.2 Å². The van der Waals surface area contributed by atoms with E-state index in [-0.39, 0.29) is 0 Å². The van der Waals surface area contributed by atoms with E-state index in [1.165, 1.54) is 0 Å². The molecule has 0 fully saturated rings. The third kappa shape index (κ3) is 5.22. The molecule has 1 N–H and O–H groups in total. The molecule has 21 heavy (non-hydrogen) atoms. The first kappa shape index (κ1) is 16.7. The number of benzene rings is 2. The molecule has 5 heteroatoms. The van der Waals surface area contributed by atoms with Crippen molar-refractivity contribution in [3.05, 3.63) is 57.5 Å². The number of hydrogen-bond donors (Lipinski definition) is 1. The molecule has 112 valence electrons. The minimum absolute atomic E-state index is 0.436. The van der Waals surface area contributed by atoms with Crippen LogP contribution in [0, 0.1) is 0 Å². The molecule has 0 amide bonds. The standard InChI is InChI=1S/C16H16BrClO2S/c1-20-16-7-2-12(17)8-11(16)9-14(19)10-21-15-5-3-13(18)4-6-15/h2-8,14,19H,9-10H2,1H3. The maximum Gasteiger partial charge on any atom is 0.122 e. The summed E-state index contributed by atoms with van der Waals surface area (Å²) >= 11 is 10.9. The van der Waals surface area contributed by atoms with Gasteiger partial charge in [0, 0.05) is 26.6 Å². The third-order valence-corrected chi connectivity index (χ3v) is 4.86. The number of ether oxygens (including phenoxy) is 1. The van der Waals surface area contributed by atoms with Crippen molar-refractivity contribution in [2.45, 2.75) is 17.4 Å². The second-order valence-electron chi connectivity index (χ2n) is 4.58. The summed E-state index contributed by atoms with van der Waals surface area (Å²) in [6, 6.07) is 13.4. The largest absolute Gasteiger partial charge is 0.496 e. The highest BCUT2D eigenvalue weighted by Crippen LogP contribution is 2.26. The molecule has 0 saturated carbocycles. The Hall–Kier alpha value is -0.680. The number of thioether (sulfide) groups is 1. The summed E-state index contributed by atoms with van der Waals surface area (Å²) in [4.78, 5) is 1.10. The van der Waals surface area contributed by atoms with Crippen molar-refractivity contribution in [3.8, 4) is 5.75 Å². The van der Waals surface area contributed by atoms with Crippen LogP contribution in [0.1, 0.15) is 5.56 Å². The van der Waals surface area contributed by atoms with Crippen LogP contribution >= 0.6 is 39.3 Å². The number of hydrogen-bond acceptors (Lipinski definition) is 3. The van der Waals surface area contributed by atoms with Gasteiger partial charge in [-0.05, 0) is 48.0 Å². The van der Waals surface area contributed by atoms with Crippen LogP contribution < -0.4 is 4.74 Å². The van der Waals surface area contributed by atoms with Gasteiger partial charge in [0.15, 0.2) is 0 Å². The Labute approximate surface area is 142 Å². The monoisotopic (exact) mass is 386 g/mol. The summed E-state index contributed by atoms with van der Waals surface area (Å²) in [5, 5.41) is 10.9. The Morgan fingerprint density at radius 2 is 1.95 bits per heavy atom. The zero-order valence-electron chi connectivity index (χ0n) is 11.6. The lowest BCUT2D eigenvalue weighted by Crippen LogP contribution is -2.14. The summed E-state index contributed by atoms with van der Waals surface area (Å²) in [5.41, 5.74) is 0.996. The number of aliphatic hydroxyl groups is 1. The summed E-state index contributed by atoms with van der Waals surface area (Å²) in [7, 11) is 1.64. The van der Waals surface area contributed by atoms with Gasteiger partial charge in [0.05, 0.1) is 13.2 Å². The Kier molecular flexibility index (Phi) is 6.42. The molecule has 0 aliphatic carbocycles. The van der Waals surface area contributed by atoms with Crippen LogP contribution in [0.15, 0.2) is 51.8 Å². The summed E-state index contributed by atoms with van der Waals surface area (Å²) < 4.78 is 6.31. The number of methoxy groups -OCH3 is 1. The van der Waals surface area contributed by atoms with Crippen molar-refractivity contribution in [2.24, 2.45) is 0 Å². The van der Waals surface area contributed by atoms with Crippen LogP contribution in [-0.2, 0) is 6.42 Å². The van der Waals surface area contributed by atoms with E-state index in [1.54, 1.807) is 18.9 Å². The molecule has 0 spiro atoms. The molecule has 0 aliphatic heterocycles. The van der Waals surface area contributed by atoms with Crippen LogP contribution in [0.2, 0.25) is 5.02 Å². The SMILES string of the molecule is COc1ccc(Br)cc1CC(O)CSc1ccc(Cl)cc1. The minimum atomic E-state index is -0.436. The highest BCUT2D eigenvalue weighted by atomic mass is 79.9. The maximum atomic E-state index is 10.2. The molecule has 2 aromatic carbocycles. The van der Waals surface area contributed by atoms with E-state index >= 15 is 0 Å². The molecule has 0 aromatic heterocycles. The Bertz CT molecular complexity index is 589. The lowest BCUT2D eigenvalue weighted by atomic mass is 10.1. The summed E-state index contributed by atoms with van der Waals surface area (Å²) in [6.07, 6.45) is 0.123. The lowest BCUT2D eigenvalue weighted by Gasteiger charge is -2.13. The van der Waals surface area contributed by atoms with E-state index in [0.717, 1.165) is 25.7 Å². The zero-order chi connectivity index (χ0) is 15.2. The molecule has 2 rings (SSSR count). The molecule has 0 saturated heterocycles. The molecule has 1 atom stereocenters. The van der Waals surface area contributed by atoms with Gasteiger partial charge < -0.3 is 9.84 Å². The van der Waals surface area contributed by atoms with E-state index in [2.05, 4.69) is 15.9 Å². The predicted octanol–water partition coefficient (Wildman–Crippen LogP) is 4.81. The quantitative estimate of drug-likeness (QED) is 0.722. The Morgan fingerprint density at radius 1 is 1.24 bits per heavy atom. The molecule has 2 aromatic rings. The maximum absolute atomic E-state index is 10.2. The third-order valence-electron chi connectivity index (χ3n) is 2.95. The van der Waals surface area contributed by atoms with Gasteiger partial charge in [-0.25, -0.2) is 0 Å². The highest BCUT2D eigenvalue weighted by molar-refractivity contribution is 9.10. The zero-order valence-corrected chi connectivity index (χ0v) is 14.7. The van der Waals surface area contributed by atoms with Gasteiger partial charge in [-0.15, -0.1) is 11.8 Å². The smallest absolute Gasteiger partial charge is 0.122 e. The molecule has 2 nitrogen and oxygen atoms in total. The van der Waals surface area contributed by atoms with E-state index in [1.807, 2.05) is 42.5 Å². The van der Waals surface area contributed by atoms with E-state index < -0.39 is 6.10 Å². The fraction of sp³-hybridized carbons (Fsp3) is 0.250. The molecule has 0 aliphatic rings. The fourth-order valence-corrected chi connectivity index (χ4v) is 3.31. The Morgan fingerprint density at radius 3 is 2.62 bits per heavy atom. The summed E-state index contributed by atoms with van der Waals surface area (Å²) in [6.45, 7) is 0. The Balaban J connectivity index is 1.94. The first-order valence-electron chi connectivity index (χ1n) is 6.47. The predicted molar refractivity (Wildman–Crippen MR) is 92.6 cm³/mol. The topological polar surface area (TPSA) is 29.5 Å². The average Bonchev–Trinajstić information content (AvgIpc) is 2.47. The molecular weight excluding hydrogens is 372 g/mol. The van der Waals surface area contributed by atoms with E-state index in [9.17, 15) is 5.11 Å². The van der Waals surface area contributed by atoms with Crippen molar-refractivity contribution in [2.75, 3.05) is 12.9 Å². The van der Waals surface area contributed by atoms with Crippen molar-refractivity contribution >= 4 is 39.3 Å². The van der Waals surface area contributed by atoms with E-state index in [4.69, 9.17) is 16.3 Å². The minimum Gasteiger partial charge on any atom is -0.496 e. The van der Waals surface area contributed by atoms with Crippen LogP contribution in [0.4, 0.5) is 0 Å². The second-order valence-corrected chi connectivity index (χ2v) is 7.02. The van der Waals surface area contributed by atoms with Crippen molar-refractivity contribution in [1.82, 2.24) is 0 Å². The number of rotatable bonds is 6. The van der Waals surface area contributed by atoms with Gasteiger partial charge in [-0.1, -0.05) is 27.5 Å². The molecule has 0 bridgehead atoms. The number of halogens is 2. The molecule has 1 unspecified atom stereocenters. The normalized spacial score (nSPS) is 12.2. The van der Waals surface area contributed by atoms with Crippen molar-refractivity contribution in [1.29, 1.82) is 0 Å². The fourth-order valence-electron chi connectivity index (χ4n) is 1.94. The van der Waals surface area contributed by atoms with Crippen molar-refractivity contribution < 1.29 is 9.84 Å². The number of aliphatic hydroxyl groups excluding tert-OH is 1. The van der Waals surface area contributed by atoms with Gasteiger partial charge in [-0.2, -0.15) is 0 Å². The first-order chi connectivity index (χ1) is 10.1. The average molecular weight is 388 g/mol. The highest BCUT2D eigenvalue weighted by Gasteiger charge is 2.11. The second kappa shape index (κ2) is 8.08. The lowest BCUT2D eigenvalue weighted by molar-refractivity contribution is 0.198. The molecular formula is C16H16BrClO2S. The van der Waals surface area contributed by atoms with Crippen LogP contribution in [0.3, 0.4) is 0 Å². The van der Waals surface area contributed by atoms with Gasteiger partial charge >= 0.3 is 0 Å². The van der Waals surface area contributed by atoms with Crippen molar-refractivity contribution in [3.63, 3.8) is 0 Å². The van der Waals surface area contributed by atoms with Gasteiger partial charge in [0.2, 0.25) is 0 Å². The van der Waals surface area contributed by atoms with Crippen LogP contribution in [0.5, 0.6) is 5.75 Å². The van der Waals surface area contributed by atoms with Crippen LogP contribution in [-0.4, -0.2) is 24.1 Å². The molecule has 0 heterocycles. The van der Waals surface area contributed by atoms with Gasteiger partial charge in [0.25, 0.3) is 0 Å². The summed E-state index contributed by atoms with van der Waals surface area (Å²) in [5.74, 6) is 1.42. The first-order valence-corrected chi connectivity index (χ1v) is 8.63. The van der Waals surface area contributed by atoms with Gasteiger partial charge in [-0.3, -0.25) is 0 Å². The van der Waals surface area contributed by atoms with Crippen LogP contribution in [0.25, 0.3) is 0 Å².